The number of carbonyl (C=O) groups excluding carboxylic acids is 2. The third-order valence-corrected chi connectivity index (χ3v) is 3.36. The predicted molar refractivity (Wildman–Crippen MR) is 59.8 cm³/mol. The van der Waals surface area contributed by atoms with E-state index in [-0.39, 0.29) is 23.4 Å². The smallest absolute Gasteiger partial charge is 0.245 e. The third kappa shape index (κ3) is 2.04. The van der Waals surface area contributed by atoms with Crippen LogP contribution in [0.4, 0.5) is 0 Å². The van der Waals surface area contributed by atoms with E-state index in [1.165, 1.54) is 0 Å². The molecule has 90 valence electrons. The lowest BCUT2D eigenvalue weighted by Gasteiger charge is -2.43. The van der Waals surface area contributed by atoms with E-state index in [0.717, 1.165) is 19.6 Å². The highest BCUT2D eigenvalue weighted by Gasteiger charge is 2.38. The average molecular weight is 225 g/mol. The van der Waals surface area contributed by atoms with Crippen LogP contribution in [0.1, 0.15) is 26.7 Å². The first-order valence-electron chi connectivity index (χ1n) is 5.82. The van der Waals surface area contributed by atoms with Gasteiger partial charge in [0.25, 0.3) is 0 Å². The number of piperazine rings is 1. The Hall–Kier alpha value is -1.10. The van der Waals surface area contributed by atoms with E-state index >= 15 is 0 Å². The first-order chi connectivity index (χ1) is 7.50. The Morgan fingerprint density at radius 1 is 1.50 bits per heavy atom. The number of amides is 2. The van der Waals surface area contributed by atoms with E-state index in [2.05, 4.69) is 10.6 Å². The van der Waals surface area contributed by atoms with Crippen molar-refractivity contribution in [2.75, 3.05) is 19.6 Å². The lowest BCUT2D eigenvalue weighted by Crippen LogP contribution is -2.62. The van der Waals surface area contributed by atoms with Crippen molar-refractivity contribution in [3.8, 4) is 0 Å². The van der Waals surface area contributed by atoms with Gasteiger partial charge in [0.15, 0.2) is 0 Å². The summed E-state index contributed by atoms with van der Waals surface area (Å²) in [4.78, 5) is 25.2. The second-order valence-corrected chi connectivity index (χ2v) is 5.14. The van der Waals surface area contributed by atoms with Gasteiger partial charge < -0.3 is 15.5 Å². The summed E-state index contributed by atoms with van der Waals surface area (Å²) < 4.78 is 0. The molecule has 2 rings (SSSR count). The normalized spacial score (nSPS) is 29.0. The molecule has 0 spiro atoms. The minimum absolute atomic E-state index is 0.00806. The maximum absolute atomic E-state index is 12.2. The molecular formula is C11H19N3O2. The molecule has 0 aromatic carbocycles. The van der Waals surface area contributed by atoms with Crippen LogP contribution in [0.2, 0.25) is 0 Å². The molecule has 0 aliphatic carbocycles. The summed E-state index contributed by atoms with van der Waals surface area (Å²) in [6.07, 6.45) is 1.11. The Bertz CT molecular complexity index is 314. The molecule has 1 atom stereocenters. The minimum Gasteiger partial charge on any atom is -0.344 e. The molecule has 2 N–H and O–H groups in total. The second-order valence-electron chi connectivity index (χ2n) is 5.14. The van der Waals surface area contributed by atoms with Gasteiger partial charge in [-0.15, -0.1) is 0 Å². The molecule has 2 amide bonds. The fraction of sp³-hybridized carbons (Fsp3) is 0.818. The van der Waals surface area contributed by atoms with Gasteiger partial charge in [-0.05, 0) is 20.3 Å². The Labute approximate surface area is 95.6 Å². The molecule has 2 fully saturated rings. The van der Waals surface area contributed by atoms with Gasteiger partial charge >= 0.3 is 0 Å². The summed E-state index contributed by atoms with van der Waals surface area (Å²) in [7, 11) is 0. The average Bonchev–Trinajstić information content (AvgIpc) is 2.63. The monoisotopic (exact) mass is 225 g/mol. The van der Waals surface area contributed by atoms with Crippen LogP contribution in [0.3, 0.4) is 0 Å². The highest BCUT2D eigenvalue weighted by molar-refractivity contribution is 5.91. The predicted octanol–water partition coefficient (Wildman–Crippen LogP) is -0.525. The van der Waals surface area contributed by atoms with Crippen molar-refractivity contribution in [1.29, 1.82) is 0 Å². The Morgan fingerprint density at radius 2 is 2.25 bits per heavy atom. The van der Waals surface area contributed by atoms with E-state index < -0.39 is 0 Å². The van der Waals surface area contributed by atoms with Crippen LogP contribution in [0.25, 0.3) is 0 Å². The van der Waals surface area contributed by atoms with E-state index in [1.807, 2.05) is 18.7 Å². The Balaban J connectivity index is 2.05. The molecule has 0 aromatic rings. The fourth-order valence-corrected chi connectivity index (χ4v) is 2.38. The van der Waals surface area contributed by atoms with Crippen molar-refractivity contribution in [2.24, 2.45) is 0 Å². The van der Waals surface area contributed by atoms with Gasteiger partial charge in [0.2, 0.25) is 11.8 Å². The molecule has 2 saturated heterocycles. The largest absolute Gasteiger partial charge is 0.344 e. The van der Waals surface area contributed by atoms with Crippen molar-refractivity contribution in [1.82, 2.24) is 15.5 Å². The van der Waals surface area contributed by atoms with Gasteiger partial charge in [-0.2, -0.15) is 0 Å². The van der Waals surface area contributed by atoms with Gasteiger partial charge in [-0.3, -0.25) is 9.59 Å². The molecular weight excluding hydrogens is 206 g/mol. The molecule has 2 aliphatic heterocycles. The molecule has 2 heterocycles. The fourth-order valence-electron chi connectivity index (χ4n) is 2.38. The molecule has 0 saturated carbocycles. The number of nitrogens with zero attached hydrogens (tertiary/aromatic N) is 1. The summed E-state index contributed by atoms with van der Waals surface area (Å²) >= 11 is 0. The zero-order valence-corrected chi connectivity index (χ0v) is 9.88. The highest BCUT2D eigenvalue weighted by atomic mass is 16.2. The number of hydrogen-bond acceptors (Lipinski definition) is 3. The van der Waals surface area contributed by atoms with Crippen LogP contribution < -0.4 is 10.6 Å². The Morgan fingerprint density at radius 3 is 2.81 bits per heavy atom. The van der Waals surface area contributed by atoms with Crippen LogP contribution in [0.15, 0.2) is 0 Å². The van der Waals surface area contributed by atoms with Crippen LogP contribution in [0, 0.1) is 0 Å². The van der Waals surface area contributed by atoms with Crippen molar-refractivity contribution in [2.45, 2.75) is 38.3 Å². The van der Waals surface area contributed by atoms with Crippen molar-refractivity contribution in [3.63, 3.8) is 0 Å². The van der Waals surface area contributed by atoms with Crippen molar-refractivity contribution >= 4 is 11.8 Å². The lowest BCUT2D eigenvalue weighted by molar-refractivity contribution is -0.140. The molecule has 16 heavy (non-hydrogen) atoms. The summed E-state index contributed by atoms with van der Waals surface area (Å²) in [5, 5.41) is 6.02. The molecule has 5 nitrogen and oxygen atoms in total. The maximum Gasteiger partial charge on any atom is 0.245 e. The zero-order chi connectivity index (χ0) is 11.8. The van der Waals surface area contributed by atoms with E-state index in [4.69, 9.17) is 0 Å². The molecule has 0 radical (unpaired) electrons. The summed E-state index contributed by atoms with van der Waals surface area (Å²) in [6, 6.07) is -0.301. The lowest BCUT2D eigenvalue weighted by atomic mass is 9.98. The molecule has 0 unspecified atom stereocenters. The van der Waals surface area contributed by atoms with E-state index in [9.17, 15) is 9.59 Å². The number of carbonyl (C=O) groups is 2. The summed E-state index contributed by atoms with van der Waals surface area (Å²) in [5.41, 5.74) is -0.164. The SMILES string of the molecule is CC1(C)CNCCN1C(=O)[C@H]1CCC(=O)N1. The number of rotatable bonds is 1. The van der Waals surface area contributed by atoms with Crippen LogP contribution in [0.5, 0.6) is 0 Å². The van der Waals surface area contributed by atoms with Crippen LogP contribution >= 0.6 is 0 Å². The Kier molecular flexibility index (Phi) is 2.88. The van der Waals surface area contributed by atoms with Gasteiger partial charge in [-0.1, -0.05) is 0 Å². The second kappa shape index (κ2) is 4.05. The zero-order valence-electron chi connectivity index (χ0n) is 9.88. The topological polar surface area (TPSA) is 61.4 Å². The van der Waals surface area contributed by atoms with Crippen LogP contribution in [-0.4, -0.2) is 47.9 Å². The van der Waals surface area contributed by atoms with Gasteiger partial charge in [0.1, 0.15) is 6.04 Å². The van der Waals surface area contributed by atoms with Crippen molar-refractivity contribution < 1.29 is 9.59 Å². The van der Waals surface area contributed by atoms with Crippen molar-refractivity contribution in [3.05, 3.63) is 0 Å². The first kappa shape index (κ1) is 11.4. The summed E-state index contributed by atoms with van der Waals surface area (Å²) in [5.74, 6) is 0.0589. The van der Waals surface area contributed by atoms with E-state index in [1.54, 1.807) is 0 Å². The molecule has 2 aliphatic rings. The molecule has 5 heteroatoms. The third-order valence-electron chi connectivity index (χ3n) is 3.36. The summed E-state index contributed by atoms with van der Waals surface area (Å²) in [6.45, 7) is 6.45. The molecule has 0 aromatic heterocycles. The number of hydrogen-bond donors (Lipinski definition) is 2. The number of nitrogens with one attached hydrogen (secondary N) is 2. The first-order valence-corrected chi connectivity index (χ1v) is 5.82. The van der Waals surface area contributed by atoms with Crippen LogP contribution in [-0.2, 0) is 9.59 Å². The van der Waals surface area contributed by atoms with Gasteiger partial charge in [0, 0.05) is 31.6 Å². The van der Waals surface area contributed by atoms with Gasteiger partial charge in [0.05, 0.1) is 0 Å². The quantitative estimate of drug-likeness (QED) is 0.631. The van der Waals surface area contributed by atoms with Gasteiger partial charge in [-0.25, -0.2) is 0 Å². The standard InChI is InChI=1S/C11H19N3O2/c1-11(2)7-12-5-6-14(11)10(16)8-3-4-9(15)13-8/h8,12H,3-7H2,1-2H3,(H,13,15)/t8-/m1/s1. The molecule has 0 bridgehead atoms. The highest BCUT2D eigenvalue weighted by Crippen LogP contribution is 2.20. The maximum atomic E-state index is 12.2. The van der Waals surface area contributed by atoms with E-state index in [0.29, 0.717) is 12.8 Å². The minimum atomic E-state index is -0.301.